The Bertz CT molecular complexity index is 738. The number of halogens is 1. The van der Waals surface area contributed by atoms with Gasteiger partial charge in [-0.15, -0.1) is 0 Å². The number of hydrogen-bond donors (Lipinski definition) is 1. The number of anilines is 1. The molecule has 0 aliphatic heterocycles. The van der Waals surface area contributed by atoms with Gasteiger partial charge in [-0.3, -0.25) is 4.79 Å². The van der Waals surface area contributed by atoms with Crippen molar-refractivity contribution < 1.29 is 8.83 Å². The van der Waals surface area contributed by atoms with Crippen molar-refractivity contribution >= 4 is 28.6 Å². The third-order valence-corrected chi connectivity index (χ3v) is 3.50. The highest BCUT2D eigenvalue weighted by Gasteiger charge is 2.12. The van der Waals surface area contributed by atoms with Crippen LogP contribution in [0.1, 0.15) is 45.4 Å². The zero-order valence-corrected chi connectivity index (χ0v) is 13.2. The van der Waals surface area contributed by atoms with E-state index in [-0.39, 0.29) is 22.2 Å². The van der Waals surface area contributed by atoms with Crippen LogP contribution in [-0.4, -0.2) is 11.5 Å². The lowest BCUT2D eigenvalue weighted by Gasteiger charge is -2.05. The molecular formula is C15H19ClN2O4. The van der Waals surface area contributed by atoms with Crippen molar-refractivity contribution in [1.82, 2.24) is 4.98 Å². The third-order valence-electron chi connectivity index (χ3n) is 3.32. The number of aromatic nitrogens is 1. The fourth-order valence-electron chi connectivity index (χ4n) is 2.17. The zero-order chi connectivity index (χ0) is 15.9. The van der Waals surface area contributed by atoms with E-state index in [4.69, 9.17) is 16.0 Å². The highest BCUT2D eigenvalue weighted by molar-refractivity contribution is 6.29. The molecule has 6 nitrogen and oxygen atoms in total. The number of unbranched alkanes of at least 4 members (excludes halogenated alkanes) is 5. The Kier molecular flexibility index (Phi) is 6.00. The fraction of sp³-hybridized carbons (Fsp3) is 0.533. The van der Waals surface area contributed by atoms with Crippen molar-refractivity contribution in [3.63, 3.8) is 0 Å². The van der Waals surface area contributed by atoms with Gasteiger partial charge in [-0.1, -0.05) is 39.0 Å². The monoisotopic (exact) mass is 326 g/mol. The van der Waals surface area contributed by atoms with E-state index in [0.717, 1.165) is 12.8 Å². The highest BCUT2D eigenvalue weighted by atomic mass is 35.5. The Morgan fingerprint density at radius 3 is 2.64 bits per heavy atom. The van der Waals surface area contributed by atoms with Crippen LogP contribution in [0.15, 0.2) is 24.5 Å². The van der Waals surface area contributed by atoms with E-state index < -0.39 is 11.2 Å². The van der Waals surface area contributed by atoms with Crippen LogP contribution in [0.3, 0.4) is 0 Å². The summed E-state index contributed by atoms with van der Waals surface area (Å²) in [5.74, 6) is 0. The van der Waals surface area contributed by atoms with Gasteiger partial charge >= 0.3 is 5.63 Å². The Morgan fingerprint density at radius 1 is 1.14 bits per heavy atom. The average Bonchev–Trinajstić information content (AvgIpc) is 2.45. The standard InChI is InChI=1S/C15H19ClN2O4/c1-2-3-4-5-6-7-8-17-15-18-13(19)12-10(21-15)9-11(16)22-14(12)20/h9H,2-8H2,1H3,(H,17,18,19). The van der Waals surface area contributed by atoms with E-state index in [9.17, 15) is 9.59 Å². The van der Waals surface area contributed by atoms with Crippen LogP contribution in [0.5, 0.6) is 0 Å². The molecule has 0 radical (unpaired) electrons. The van der Waals surface area contributed by atoms with Gasteiger partial charge in [0.05, 0.1) is 0 Å². The fourth-order valence-corrected chi connectivity index (χ4v) is 2.34. The van der Waals surface area contributed by atoms with Crippen LogP contribution in [0.25, 0.3) is 11.0 Å². The van der Waals surface area contributed by atoms with Gasteiger partial charge in [0.15, 0.2) is 11.0 Å². The summed E-state index contributed by atoms with van der Waals surface area (Å²) in [6, 6.07) is 1.38. The van der Waals surface area contributed by atoms with E-state index in [1.165, 1.54) is 31.7 Å². The van der Waals surface area contributed by atoms with Gasteiger partial charge in [-0.2, -0.15) is 4.98 Å². The minimum atomic E-state index is -0.841. The molecule has 0 amide bonds. The van der Waals surface area contributed by atoms with E-state index in [1.807, 2.05) is 0 Å². The summed E-state index contributed by atoms with van der Waals surface area (Å²) in [7, 11) is 0. The van der Waals surface area contributed by atoms with Crippen molar-refractivity contribution in [1.29, 1.82) is 0 Å². The lowest BCUT2D eigenvalue weighted by Crippen LogP contribution is -2.17. The normalized spacial score (nSPS) is 11.0. The first-order valence-electron chi connectivity index (χ1n) is 7.50. The number of nitrogens with zero attached hydrogens (tertiary/aromatic N) is 1. The predicted octanol–water partition coefficient (Wildman–Crippen LogP) is 3.57. The van der Waals surface area contributed by atoms with Crippen molar-refractivity contribution in [3.05, 3.63) is 32.1 Å². The van der Waals surface area contributed by atoms with Gasteiger partial charge < -0.3 is 14.2 Å². The molecular weight excluding hydrogens is 308 g/mol. The maximum absolute atomic E-state index is 11.8. The van der Waals surface area contributed by atoms with Gasteiger partial charge in [0.2, 0.25) is 5.22 Å². The maximum Gasteiger partial charge on any atom is 0.353 e. The number of fused-ring (bicyclic) bond motifs is 1. The molecule has 0 fully saturated rings. The molecule has 0 bridgehead atoms. The smallest absolute Gasteiger partial charge is 0.353 e. The molecule has 0 saturated heterocycles. The minimum Gasteiger partial charge on any atom is -0.424 e. The van der Waals surface area contributed by atoms with Gasteiger partial charge in [-0.25, -0.2) is 4.79 Å². The van der Waals surface area contributed by atoms with Crippen LogP contribution in [0.4, 0.5) is 6.01 Å². The Morgan fingerprint density at radius 2 is 1.86 bits per heavy atom. The van der Waals surface area contributed by atoms with Crippen molar-refractivity contribution in [2.75, 3.05) is 11.9 Å². The predicted molar refractivity (Wildman–Crippen MR) is 85.7 cm³/mol. The van der Waals surface area contributed by atoms with Crippen LogP contribution in [0, 0.1) is 0 Å². The maximum atomic E-state index is 11.8. The molecule has 0 unspecified atom stereocenters. The molecule has 2 aromatic heterocycles. The second-order valence-corrected chi connectivity index (χ2v) is 5.47. The van der Waals surface area contributed by atoms with Gasteiger partial charge in [0.25, 0.3) is 11.6 Å². The summed E-state index contributed by atoms with van der Waals surface area (Å²) >= 11 is 5.65. The van der Waals surface area contributed by atoms with Crippen LogP contribution in [-0.2, 0) is 0 Å². The van der Waals surface area contributed by atoms with Crippen LogP contribution in [0.2, 0.25) is 5.22 Å². The lowest BCUT2D eigenvalue weighted by atomic mass is 10.1. The molecule has 7 heteroatoms. The minimum absolute atomic E-state index is 0.0756. The summed E-state index contributed by atoms with van der Waals surface area (Å²) in [4.78, 5) is 27.1. The third kappa shape index (κ3) is 4.34. The summed E-state index contributed by atoms with van der Waals surface area (Å²) in [5, 5.41) is 2.60. The quantitative estimate of drug-likeness (QED) is 0.746. The Hall–Kier alpha value is -1.82. The van der Waals surface area contributed by atoms with Crippen LogP contribution < -0.4 is 16.5 Å². The molecule has 0 aliphatic carbocycles. The van der Waals surface area contributed by atoms with Gasteiger partial charge in [0.1, 0.15) is 0 Å². The van der Waals surface area contributed by atoms with E-state index in [1.54, 1.807) is 0 Å². The lowest BCUT2D eigenvalue weighted by molar-refractivity contribution is 0.510. The molecule has 2 heterocycles. The molecule has 0 aliphatic rings. The SMILES string of the molecule is CCCCCCCCNc1nc(=O)c2c(=O)oc(Cl)cc2o1. The van der Waals surface area contributed by atoms with Gasteiger partial charge in [0, 0.05) is 12.6 Å². The summed E-state index contributed by atoms with van der Waals surface area (Å²) in [6.45, 7) is 2.84. The molecule has 0 saturated carbocycles. The highest BCUT2D eigenvalue weighted by Crippen LogP contribution is 2.15. The van der Waals surface area contributed by atoms with E-state index in [2.05, 4.69) is 21.6 Å². The Balaban J connectivity index is 1.98. The average molecular weight is 327 g/mol. The zero-order valence-electron chi connectivity index (χ0n) is 12.5. The molecule has 0 atom stereocenters. The molecule has 120 valence electrons. The van der Waals surface area contributed by atoms with Gasteiger partial charge in [-0.05, 0) is 18.0 Å². The largest absolute Gasteiger partial charge is 0.424 e. The first-order valence-corrected chi connectivity index (χ1v) is 7.88. The Labute approximate surface area is 132 Å². The summed E-state index contributed by atoms with van der Waals surface area (Å²) in [5.41, 5.74) is -1.45. The summed E-state index contributed by atoms with van der Waals surface area (Å²) in [6.07, 6.45) is 7.00. The molecule has 0 spiro atoms. The van der Waals surface area contributed by atoms with Crippen molar-refractivity contribution in [2.24, 2.45) is 0 Å². The number of hydrogen-bond acceptors (Lipinski definition) is 6. The van der Waals surface area contributed by atoms with Crippen LogP contribution >= 0.6 is 11.6 Å². The van der Waals surface area contributed by atoms with E-state index >= 15 is 0 Å². The molecule has 0 aromatic carbocycles. The van der Waals surface area contributed by atoms with Crippen molar-refractivity contribution in [2.45, 2.75) is 45.4 Å². The molecule has 2 aromatic rings. The topological polar surface area (TPSA) is 85.3 Å². The number of rotatable bonds is 8. The number of nitrogens with one attached hydrogen (secondary N) is 1. The second-order valence-electron chi connectivity index (χ2n) is 5.10. The second kappa shape index (κ2) is 7.98. The molecule has 1 N–H and O–H groups in total. The first-order chi connectivity index (χ1) is 10.6. The van der Waals surface area contributed by atoms with E-state index in [0.29, 0.717) is 6.54 Å². The first kappa shape index (κ1) is 16.5. The molecule has 2 rings (SSSR count). The summed E-state index contributed by atoms with van der Waals surface area (Å²) < 4.78 is 10.0. The molecule has 22 heavy (non-hydrogen) atoms. The van der Waals surface area contributed by atoms with Crippen molar-refractivity contribution in [3.8, 4) is 0 Å².